The number of hydrogen-bond acceptors (Lipinski definition) is 4. The number of hydrogen-bond donors (Lipinski definition) is 2. The molecule has 0 saturated heterocycles. The van der Waals surface area contributed by atoms with Gasteiger partial charge in [-0.1, -0.05) is 29.9 Å². The van der Waals surface area contributed by atoms with Gasteiger partial charge in [-0.2, -0.15) is 0 Å². The second kappa shape index (κ2) is 5.97. The summed E-state index contributed by atoms with van der Waals surface area (Å²) in [5, 5.41) is 0.419. The van der Waals surface area contributed by atoms with Crippen LogP contribution >= 0.6 is 23.8 Å². The van der Waals surface area contributed by atoms with Crippen LogP contribution in [0.3, 0.4) is 0 Å². The summed E-state index contributed by atoms with van der Waals surface area (Å²) in [4.78, 5) is 14.8. The lowest BCUT2D eigenvalue weighted by molar-refractivity contribution is 0.0981. The standard InChI is InChI=1S/C13H11ClN2O3S2/c1-21(18,19)16-13(17)8-5-6-10(14)9(7-8)11-3-2-4-12(20)15-11/h2-7H,1H3,(H,15,20)(H,16,17). The topological polar surface area (TPSA) is 79.0 Å². The number of H-pyrrole nitrogens is 1. The van der Waals surface area contributed by atoms with Crippen molar-refractivity contribution in [2.75, 3.05) is 6.26 Å². The van der Waals surface area contributed by atoms with Crippen LogP contribution in [0.4, 0.5) is 0 Å². The Hall–Kier alpha value is -1.70. The van der Waals surface area contributed by atoms with Crippen LogP contribution < -0.4 is 4.72 Å². The van der Waals surface area contributed by atoms with E-state index in [1.165, 1.54) is 18.2 Å². The number of aromatic nitrogens is 1. The molecule has 0 spiro atoms. The molecule has 1 amide bonds. The zero-order chi connectivity index (χ0) is 15.6. The van der Waals surface area contributed by atoms with Gasteiger partial charge in [0.1, 0.15) is 4.64 Å². The Morgan fingerprint density at radius 2 is 2.00 bits per heavy atom. The number of pyridine rings is 1. The molecule has 1 aromatic heterocycles. The van der Waals surface area contributed by atoms with Gasteiger partial charge in [0.2, 0.25) is 10.0 Å². The van der Waals surface area contributed by atoms with Gasteiger partial charge in [0, 0.05) is 21.8 Å². The smallest absolute Gasteiger partial charge is 0.264 e. The molecule has 5 nitrogen and oxygen atoms in total. The number of rotatable bonds is 3. The second-order valence-electron chi connectivity index (χ2n) is 4.33. The number of benzene rings is 1. The number of aromatic amines is 1. The number of halogens is 1. The van der Waals surface area contributed by atoms with Gasteiger partial charge in [0.05, 0.1) is 6.26 Å². The minimum absolute atomic E-state index is 0.183. The highest BCUT2D eigenvalue weighted by Gasteiger charge is 2.13. The Labute approximate surface area is 132 Å². The highest BCUT2D eigenvalue weighted by molar-refractivity contribution is 7.89. The van der Waals surface area contributed by atoms with Crippen LogP contribution in [0.2, 0.25) is 5.02 Å². The minimum Gasteiger partial charge on any atom is -0.346 e. The minimum atomic E-state index is -3.62. The number of sulfonamides is 1. The molecule has 8 heteroatoms. The Bertz CT molecular complexity index is 860. The SMILES string of the molecule is CS(=O)(=O)NC(=O)c1ccc(Cl)c(-c2cccc(=S)[nH]2)c1. The van der Waals surface area contributed by atoms with Crippen molar-refractivity contribution in [2.24, 2.45) is 0 Å². The van der Waals surface area contributed by atoms with Gasteiger partial charge in [-0.05, 0) is 30.3 Å². The zero-order valence-electron chi connectivity index (χ0n) is 10.9. The van der Waals surface area contributed by atoms with Crippen molar-refractivity contribution in [3.8, 4) is 11.3 Å². The summed E-state index contributed by atoms with van der Waals surface area (Å²) in [5.74, 6) is -0.718. The molecular formula is C13H11ClN2O3S2. The fourth-order valence-electron chi connectivity index (χ4n) is 1.71. The second-order valence-corrected chi connectivity index (χ2v) is 6.92. The summed E-state index contributed by atoms with van der Waals surface area (Å²) in [6.45, 7) is 0. The third-order valence-corrected chi connectivity index (χ3v) is 3.69. The first kappa shape index (κ1) is 15.7. The highest BCUT2D eigenvalue weighted by atomic mass is 35.5. The molecule has 0 aliphatic rings. The van der Waals surface area contributed by atoms with E-state index in [9.17, 15) is 13.2 Å². The molecule has 0 bridgehead atoms. The van der Waals surface area contributed by atoms with Crippen molar-refractivity contribution in [3.05, 3.63) is 51.6 Å². The summed E-state index contributed by atoms with van der Waals surface area (Å²) in [6.07, 6.45) is 0.913. The van der Waals surface area contributed by atoms with E-state index in [-0.39, 0.29) is 5.56 Å². The van der Waals surface area contributed by atoms with E-state index in [4.69, 9.17) is 23.8 Å². The van der Waals surface area contributed by atoms with E-state index < -0.39 is 15.9 Å². The third kappa shape index (κ3) is 4.13. The summed E-state index contributed by atoms with van der Waals surface area (Å²) < 4.78 is 24.6. The summed E-state index contributed by atoms with van der Waals surface area (Å²) >= 11 is 11.2. The molecule has 0 radical (unpaired) electrons. The lowest BCUT2D eigenvalue weighted by Gasteiger charge is -2.08. The fraction of sp³-hybridized carbons (Fsp3) is 0.0769. The molecule has 21 heavy (non-hydrogen) atoms. The molecule has 0 saturated carbocycles. The summed E-state index contributed by atoms with van der Waals surface area (Å²) in [6, 6.07) is 9.71. The molecule has 2 aromatic rings. The van der Waals surface area contributed by atoms with Crippen molar-refractivity contribution < 1.29 is 13.2 Å². The predicted molar refractivity (Wildman–Crippen MR) is 84.4 cm³/mol. The van der Waals surface area contributed by atoms with Crippen LogP contribution in [0.5, 0.6) is 0 Å². The lowest BCUT2D eigenvalue weighted by atomic mass is 10.1. The Kier molecular flexibility index (Phi) is 4.46. The summed E-state index contributed by atoms with van der Waals surface area (Å²) in [7, 11) is -3.62. The van der Waals surface area contributed by atoms with E-state index >= 15 is 0 Å². The van der Waals surface area contributed by atoms with Gasteiger partial charge in [0.15, 0.2) is 0 Å². The van der Waals surface area contributed by atoms with Crippen LogP contribution in [0.25, 0.3) is 11.3 Å². The van der Waals surface area contributed by atoms with Gasteiger partial charge in [0.25, 0.3) is 5.91 Å². The lowest BCUT2D eigenvalue weighted by Crippen LogP contribution is -2.29. The largest absolute Gasteiger partial charge is 0.346 e. The van der Waals surface area contributed by atoms with Gasteiger partial charge in [-0.3, -0.25) is 4.79 Å². The average molecular weight is 343 g/mol. The van der Waals surface area contributed by atoms with Crippen LogP contribution in [-0.2, 0) is 10.0 Å². The normalized spacial score (nSPS) is 11.1. The average Bonchev–Trinajstić information content (AvgIpc) is 2.37. The molecular weight excluding hydrogens is 332 g/mol. The van der Waals surface area contributed by atoms with E-state index in [0.717, 1.165) is 6.26 Å². The molecule has 0 unspecified atom stereocenters. The number of amides is 1. The molecule has 1 heterocycles. The molecule has 2 rings (SSSR count). The molecule has 110 valence electrons. The van der Waals surface area contributed by atoms with E-state index in [1.54, 1.807) is 18.2 Å². The van der Waals surface area contributed by atoms with Crippen molar-refractivity contribution in [1.82, 2.24) is 9.71 Å². The summed E-state index contributed by atoms with van der Waals surface area (Å²) in [5.41, 5.74) is 1.38. The molecule has 2 N–H and O–H groups in total. The maximum Gasteiger partial charge on any atom is 0.264 e. The molecule has 1 aromatic carbocycles. The zero-order valence-corrected chi connectivity index (χ0v) is 13.3. The van der Waals surface area contributed by atoms with Gasteiger partial charge < -0.3 is 4.98 Å². The van der Waals surface area contributed by atoms with Crippen LogP contribution in [0.15, 0.2) is 36.4 Å². The van der Waals surface area contributed by atoms with Crippen molar-refractivity contribution in [2.45, 2.75) is 0 Å². The van der Waals surface area contributed by atoms with Crippen molar-refractivity contribution >= 4 is 39.7 Å². The molecule has 0 aliphatic heterocycles. The first-order valence-corrected chi connectivity index (χ1v) is 8.45. The number of carbonyl (C=O) groups is 1. The quantitative estimate of drug-likeness (QED) is 0.841. The molecule has 0 fully saturated rings. The van der Waals surface area contributed by atoms with Crippen molar-refractivity contribution in [1.29, 1.82) is 0 Å². The Morgan fingerprint density at radius 1 is 1.29 bits per heavy atom. The van der Waals surface area contributed by atoms with Gasteiger partial charge >= 0.3 is 0 Å². The molecule has 0 atom stereocenters. The maximum absolute atomic E-state index is 11.9. The molecule has 0 aliphatic carbocycles. The fourth-order valence-corrected chi connectivity index (χ4v) is 2.57. The Morgan fingerprint density at radius 3 is 2.62 bits per heavy atom. The number of nitrogens with one attached hydrogen (secondary N) is 2. The third-order valence-electron chi connectivity index (χ3n) is 2.57. The van der Waals surface area contributed by atoms with Crippen LogP contribution in [0.1, 0.15) is 10.4 Å². The van der Waals surface area contributed by atoms with Gasteiger partial charge in [-0.15, -0.1) is 0 Å². The van der Waals surface area contributed by atoms with E-state index in [0.29, 0.717) is 20.9 Å². The maximum atomic E-state index is 11.9. The monoisotopic (exact) mass is 342 g/mol. The van der Waals surface area contributed by atoms with Crippen LogP contribution in [-0.4, -0.2) is 25.6 Å². The first-order chi connectivity index (χ1) is 9.76. The van der Waals surface area contributed by atoms with E-state index in [1.807, 2.05) is 4.72 Å². The first-order valence-electron chi connectivity index (χ1n) is 5.77. The van der Waals surface area contributed by atoms with Crippen molar-refractivity contribution in [3.63, 3.8) is 0 Å². The predicted octanol–water partition coefficient (Wildman–Crippen LogP) is 2.75. The number of carbonyl (C=O) groups excluding carboxylic acids is 1. The highest BCUT2D eigenvalue weighted by Crippen LogP contribution is 2.27. The Balaban J connectivity index is 2.47. The van der Waals surface area contributed by atoms with Gasteiger partial charge in [-0.25, -0.2) is 13.1 Å². The van der Waals surface area contributed by atoms with Crippen LogP contribution in [0, 0.1) is 4.64 Å². The van der Waals surface area contributed by atoms with E-state index in [2.05, 4.69) is 4.98 Å².